The maximum Gasteiger partial charge on any atom is 0.203 e. The Hall–Kier alpha value is -1.46. The lowest BCUT2D eigenvalue weighted by molar-refractivity contribution is 0.170. The third-order valence-corrected chi connectivity index (χ3v) is 2.68. The number of benzene rings is 1. The van der Waals surface area contributed by atoms with Crippen LogP contribution in [0.25, 0.3) is 0 Å². The van der Waals surface area contributed by atoms with Crippen molar-refractivity contribution in [1.29, 1.82) is 0 Å². The van der Waals surface area contributed by atoms with Crippen LogP contribution in [0.1, 0.15) is 18.6 Å². The standard InChI is InChI=1S/C13H21NO4/c1-5-14-8-10(15)9-6-7-11(16-2)13(18-4)12(9)17-3/h6-7,10,14-15H,5,8H2,1-4H3. The molecule has 0 aromatic heterocycles. The quantitative estimate of drug-likeness (QED) is 0.770. The van der Waals surface area contributed by atoms with E-state index in [4.69, 9.17) is 14.2 Å². The van der Waals surface area contributed by atoms with Gasteiger partial charge in [0.05, 0.1) is 27.4 Å². The first-order valence-corrected chi connectivity index (χ1v) is 5.87. The minimum atomic E-state index is -0.653. The summed E-state index contributed by atoms with van der Waals surface area (Å²) in [7, 11) is 4.65. The molecule has 0 bridgehead atoms. The highest BCUT2D eigenvalue weighted by Gasteiger charge is 2.20. The fraction of sp³-hybridized carbons (Fsp3) is 0.538. The largest absolute Gasteiger partial charge is 0.493 e. The first-order chi connectivity index (χ1) is 8.69. The van der Waals surface area contributed by atoms with E-state index >= 15 is 0 Å². The summed E-state index contributed by atoms with van der Waals surface area (Å²) >= 11 is 0. The molecule has 1 aromatic rings. The van der Waals surface area contributed by atoms with Gasteiger partial charge in [0.1, 0.15) is 0 Å². The van der Waals surface area contributed by atoms with Crippen molar-refractivity contribution >= 4 is 0 Å². The highest BCUT2D eigenvalue weighted by Crippen LogP contribution is 2.41. The summed E-state index contributed by atoms with van der Waals surface area (Å²) in [6.45, 7) is 3.24. The van der Waals surface area contributed by atoms with Crippen LogP contribution >= 0.6 is 0 Å². The van der Waals surface area contributed by atoms with Crippen molar-refractivity contribution in [2.75, 3.05) is 34.4 Å². The molecule has 0 spiro atoms. The zero-order valence-corrected chi connectivity index (χ0v) is 11.3. The van der Waals surface area contributed by atoms with Gasteiger partial charge in [0.2, 0.25) is 5.75 Å². The molecule has 0 aliphatic heterocycles. The fourth-order valence-corrected chi connectivity index (χ4v) is 1.78. The fourth-order valence-electron chi connectivity index (χ4n) is 1.78. The molecule has 0 radical (unpaired) electrons. The second-order valence-electron chi connectivity index (χ2n) is 3.75. The number of nitrogens with one attached hydrogen (secondary N) is 1. The number of rotatable bonds is 7. The number of hydrogen-bond donors (Lipinski definition) is 2. The maximum absolute atomic E-state index is 10.1. The van der Waals surface area contributed by atoms with Crippen molar-refractivity contribution in [3.05, 3.63) is 17.7 Å². The molecule has 1 atom stereocenters. The number of ether oxygens (including phenoxy) is 3. The van der Waals surface area contributed by atoms with E-state index in [1.165, 1.54) is 0 Å². The summed E-state index contributed by atoms with van der Waals surface area (Å²) < 4.78 is 15.8. The molecule has 0 fully saturated rings. The first-order valence-electron chi connectivity index (χ1n) is 5.87. The van der Waals surface area contributed by atoms with Gasteiger partial charge in [-0.2, -0.15) is 0 Å². The van der Waals surface area contributed by atoms with E-state index in [1.54, 1.807) is 33.5 Å². The van der Waals surface area contributed by atoms with Crippen LogP contribution in [-0.4, -0.2) is 39.5 Å². The molecule has 0 aliphatic carbocycles. The molecule has 1 rings (SSSR count). The smallest absolute Gasteiger partial charge is 0.203 e. The molecule has 0 amide bonds. The summed E-state index contributed by atoms with van der Waals surface area (Å²) in [5, 5.41) is 13.2. The molecule has 1 aromatic carbocycles. The Morgan fingerprint density at radius 1 is 1.11 bits per heavy atom. The van der Waals surface area contributed by atoms with E-state index in [0.717, 1.165) is 6.54 Å². The predicted octanol–water partition coefficient (Wildman–Crippen LogP) is 1.36. The lowest BCUT2D eigenvalue weighted by atomic mass is 10.1. The normalized spacial score (nSPS) is 12.1. The van der Waals surface area contributed by atoms with Gasteiger partial charge >= 0.3 is 0 Å². The van der Waals surface area contributed by atoms with Gasteiger partial charge in [-0.1, -0.05) is 6.92 Å². The molecule has 5 nitrogen and oxygen atoms in total. The molecule has 0 aliphatic rings. The van der Waals surface area contributed by atoms with Gasteiger partial charge in [0.25, 0.3) is 0 Å². The van der Waals surface area contributed by atoms with E-state index in [1.807, 2.05) is 6.92 Å². The number of methoxy groups -OCH3 is 3. The minimum absolute atomic E-state index is 0.461. The summed E-state index contributed by atoms with van der Waals surface area (Å²) in [5.74, 6) is 1.57. The summed E-state index contributed by atoms with van der Waals surface area (Å²) in [6.07, 6.45) is -0.653. The Morgan fingerprint density at radius 3 is 2.28 bits per heavy atom. The molecule has 0 saturated heterocycles. The third-order valence-electron chi connectivity index (χ3n) is 2.68. The minimum Gasteiger partial charge on any atom is -0.493 e. The van der Waals surface area contributed by atoms with Crippen LogP contribution in [0.2, 0.25) is 0 Å². The van der Waals surface area contributed by atoms with Crippen LogP contribution in [0, 0.1) is 0 Å². The number of hydrogen-bond acceptors (Lipinski definition) is 5. The Bertz CT molecular complexity index is 381. The van der Waals surface area contributed by atoms with E-state index in [0.29, 0.717) is 29.4 Å². The zero-order valence-electron chi connectivity index (χ0n) is 11.3. The molecular weight excluding hydrogens is 234 g/mol. The van der Waals surface area contributed by atoms with Crippen LogP contribution in [0.5, 0.6) is 17.2 Å². The van der Waals surface area contributed by atoms with Crippen LogP contribution in [0.15, 0.2) is 12.1 Å². The Labute approximate surface area is 108 Å². The Morgan fingerprint density at radius 2 is 1.78 bits per heavy atom. The topological polar surface area (TPSA) is 60.0 Å². The van der Waals surface area contributed by atoms with Gasteiger partial charge < -0.3 is 24.6 Å². The summed E-state index contributed by atoms with van der Waals surface area (Å²) in [6, 6.07) is 3.54. The molecular formula is C13H21NO4. The van der Waals surface area contributed by atoms with E-state index in [-0.39, 0.29) is 0 Å². The number of aliphatic hydroxyl groups is 1. The van der Waals surface area contributed by atoms with E-state index in [2.05, 4.69) is 5.32 Å². The van der Waals surface area contributed by atoms with Crippen molar-refractivity contribution in [3.8, 4) is 17.2 Å². The SMILES string of the molecule is CCNCC(O)c1ccc(OC)c(OC)c1OC. The van der Waals surface area contributed by atoms with Gasteiger partial charge in [0, 0.05) is 12.1 Å². The van der Waals surface area contributed by atoms with Crippen molar-refractivity contribution in [3.63, 3.8) is 0 Å². The third kappa shape index (κ3) is 3.05. The molecule has 0 saturated carbocycles. The van der Waals surface area contributed by atoms with Gasteiger partial charge in [0.15, 0.2) is 11.5 Å². The number of aliphatic hydroxyl groups excluding tert-OH is 1. The van der Waals surface area contributed by atoms with Crippen molar-refractivity contribution in [2.45, 2.75) is 13.0 Å². The molecule has 18 heavy (non-hydrogen) atoms. The number of likely N-dealkylation sites (N-methyl/N-ethyl adjacent to an activating group) is 1. The monoisotopic (exact) mass is 255 g/mol. The van der Waals surface area contributed by atoms with Crippen molar-refractivity contribution < 1.29 is 19.3 Å². The highest BCUT2D eigenvalue weighted by atomic mass is 16.5. The van der Waals surface area contributed by atoms with Gasteiger partial charge in [-0.3, -0.25) is 0 Å². The van der Waals surface area contributed by atoms with Crippen LogP contribution in [-0.2, 0) is 0 Å². The summed E-state index contributed by atoms with van der Waals surface area (Å²) in [5.41, 5.74) is 0.677. The van der Waals surface area contributed by atoms with E-state index in [9.17, 15) is 5.11 Å². The van der Waals surface area contributed by atoms with Gasteiger partial charge in [-0.25, -0.2) is 0 Å². The lowest BCUT2D eigenvalue weighted by Crippen LogP contribution is -2.21. The molecule has 2 N–H and O–H groups in total. The van der Waals surface area contributed by atoms with Crippen LogP contribution in [0.3, 0.4) is 0 Å². The van der Waals surface area contributed by atoms with Crippen LogP contribution in [0.4, 0.5) is 0 Å². The average molecular weight is 255 g/mol. The first kappa shape index (κ1) is 14.6. The van der Waals surface area contributed by atoms with Gasteiger partial charge in [-0.05, 0) is 18.7 Å². The van der Waals surface area contributed by atoms with Crippen LogP contribution < -0.4 is 19.5 Å². The Kier molecular flexibility index (Phi) is 5.74. The maximum atomic E-state index is 10.1. The second-order valence-corrected chi connectivity index (χ2v) is 3.75. The average Bonchev–Trinajstić information content (AvgIpc) is 2.42. The molecule has 1 unspecified atom stereocenters. The van der Waals surface area contributed by atoms with E-state index < -0.39 is 6.10 Å². The summed E-state index contributed by atoms with van der Waals surface area (Å²) in [4.78, 5) is 0. The molecule has 0 heterocycles. The molecule has 102 valence electrons. The van der Waals surface area contributed by atoms with Crippen molar-refractivity contribution in [2.24, 2.45) is 0 Å². The Balaban J connectivity index is 3.11. The molecule has 5 heteroatoms. The van der Waals surface area contributed by atoms with Gasteiger partial charge in [-0.15, -0.1) is 0 Å². The highest BCUT2D eigenvalue weighted by molar-refractivity contribution is 5.56. The predicted molar refractivity (Wildman–Crippen MR) is 69.6 cm³/mol. The van der Waals surface area contributed by atoms with Crippen molar-refractivity contribution in [1.82, 2.24) is 5.32 Å². The lowest BCUT2D eigenvalue weighted by Gasteiger charge is -2.19. The zero-order chi connectivity index (χ0) is 13.5. The second kappa shape index (κ2) is 7.08.